The van der Waals surface area contributed by atoms with Gasteiger partial charge in [-0.3, -0.25) is 0 Å². The fourth-order valence-corrected chi connectivity index (χ4v) is 1.51. The van der Waals surface area contributed by atoms with Gasteiger partial charge in [0.2, 0.25) is 0 Å². The Hall–Kier alpha value is -2.04. The maximum atomic E-state index is 11.5. The molecule has 1 aliphatic rings. The van der Waals surface area contributed by atoms with Gasteiger partial charge in [-0.15, -0.1) is 0 Å². The number of nitrogens with one attached hydrogen (secondary N) is 2. The zero-order chi connectivity index (χ0) is 12.4. The van der Waals surface area contributed by atoms with E-state index >= 15 is 0 Å². The Kier molecular flexibility index (Phi) is 2.99. The molecule has 90 valence electrons. The molecule has 0 unspecified atom stereocenters. The van der Waals surface area contributed by atoms with Gasteiger partial charge >= 0.3 is 12.0 Å². The summed E-state index contributed by atoms with van der Waals surface area (Å²) in [6, 6.07) is 4.82. The normalized spacial score (nSPS) is 14.2. The van der Waals surface area contributed by atoms with E-state index in [1.807, 2.05) is 0 Å². The number of hydrogen-bond donors (Lipinski definition) is 3. The molecule has 0 aliphatic heterocycles. The minimum absolute atomic E-state index is 0.203. The fraction of sp³-hybridized carbons (Fsp3) is 0.333. The second-order valence-electron chi connectivity index (χ2n) is 4.21. The minimum Gasteiger partial charge on any atom is -0.478 e. The highest BCUT2D eigenvalue weighted by atomic mass is 16.4. The molecule has 0 aromatic heterocycles. The molecule has 0 bridgehead atoms. The van der Waals surface area contributed by atoms with Crippen molar-refractivity contribution in [1.29, 1.82) is 0 Å². The number of aryl methyl sites for hydroxylation is 1. The van der Waals surface area contributed by atoms with Crippen molar-refractivity contribution >= 4 is 17.7 Å². The summed E-state index contributed by atoms with van der Waals surface area (Å²) >= 11 is 0. The Balaban J connectivity index is 2.07. The Morgan fingerprint density at radius 3 is 2.65 bits per heavy atom. The van der Waals surface area contributed by atoms with Gasteiger partial charge in [0.05, 0.1) is 5.56 Å². The van der Waals surface area contributed by atoms with Crippen LogP contribution in [0.4, 0.5) is 10.5 Å². The van der Waals surface area contributed by atoms with E-state index in [1.165, 1.54) is 6.07 Å². The number of carbonyl (C=O) groups excluding carboxylic acids is 1. The van der Waals surface area contributed by atoms with E-state index in [9.17, 15) is 9.59 Å². The van der Waals surface area contributed by atoms with Crippen LogP contribution < -0.4 is 10.6 Å². The standard InChI is InChI=1S/C12H14N2O3/c1-7-2-3-9(6-10(7)11(15)16)14-12(17)13-8-4-5-8/h2-3,6,8H,4-5H2,1H3,(H,15,16)(H2,13,14,17). The van der Waals surface area contributed by atoms with Crippen LogP contribution >= 0.6 is 0 Å². The van der Waals surface area contributed by atoms with E-state index in [1.54, 1.807) is 19.1 Å². The minimum atomic E-state index is -0.992. The van der Waals surface area contributed by atoms with Crippen molar-refractivity contribution in [2.45, 2.75) is 25.8 Å². The summed E-state index contributed by atoms with van der Waals surface area (Å²) in [6.45, 7) is 1.72. The lowest BCUT2D eigenvalue weighted by Crippen LogP contribution is -2.30. The number of carbonyl (C=O) groups is 2. The van der Waals surface area contributed by atoms with Gasteiger partial charge in [-0.05, 0) is 37.5 Å². The number of carboxylic acid groups (broad SMARTS) is 1. The summed E-state index contributed by atoms with van der Waals surface area (Å²) in [5.74, 6) is -0.992. The van der Waals surface area contributed by atoms with E-state index in [-0.39, 0.29) is 17.6 Å². The molecule has 0 radical (unpaired) electrons. The number of hydrogen-bond acceptors (Lipinski definition) is 2. The first-order valence-corrected chi connectivity index (χ1v) is 5.48. The van der Waals surface area contributed by atoms with Crippen molar-refractivity contribution in [1.82, 2.24) is 5.32 Å². The third-order valence-electron chi connectivity index (χ3n) is 2.64. The van der Waals surface area contributed by atoms with Crippen molar-refractivity contribution in [3.8, 4) is 0 Å². The predicted octanol–water partition coefficient (Wildman–Crippen LogP) is 1.98. The Morgan fingerprint density at radius 1 is 1.35 bits per heavy atom. The number of anilines is 1. The Labute approximate surface area is 98.8 Å². The molecule has 3 N–H and O–H groups in total. The number of aromatic carboxylic acids is 1. The molecule has 2 amide bonds. The van der Waals surface area contributed by atoms with Crippen LogP contribution in [-0.4, -0.2) is 23.1 Å². The van der Waals surface area contributed by atoms with Crippen molar-refractivity contribution in [2.24, 2.45) is 0 Å². The second-order valence-corrected chi connectivity index (χ2v) is 4.21. The van der Waals surface area contributed by atoms with Crippen LogP contribution in [0.15, 0.2) is 18.2 Å². The highest BCUT2D eigenvalue weighted by molar-refractivity contribution is 5.94. The van der Waals surface area contributed by atoms with Crippen molar-refractivity contribution < 1.29 is 14.7 Å². The summed E-state index contributed by atoms with van der Waals surface area (Å²) in [5.41, 5.74) is 1.37. The molecule has 1 aliphatic carbocycles. The van der Waals surface area contributed by atoms with Crippen molar-refractivity contribution in [2.75, 3.05) is 5.32 Å². The van der Waals surface area contributed by atoms with Gasteiger partial charge in [0, 0.05) is 11.7 Å². The van der Waals surface area contributed by atoms with Crippen molar-refractivity contribution in [3.05, 3.63) is 29.3 Å². The van der Waals surface area contributed by atoms with Crippen LogP contribution in [0, 0.1) is 6.92 Å². The molecule has 1 aromatic carbocycles. The molecule has 2 rings (SSSR count). The zero-order valence-corrected chi connectivity index (χ0v) is 9.49. The van der Waals surface area contributed by atoms with Crippen LogP contribution in [-0.2, 0) is 0 Å². The van der Waals surface area contributed by atoms with Gasteiger partial charge in [-0.1, -0.05) is 6.07 Å². The number of benzene rings is 1. The molecule has 0 saturated heterocycles. The van der Waals surface area contributed by atoms with E-state index in [4.69, 9.17) is 5.11 Å². The molecular formula is C12H14N2O3. The van der Waals surface area contributed by atoms with Crippen LogP contribution in [0.1, 0.15) is 28.8 Å². The van der Waals surface area contributed by atoms with Gasteiger partial charge in [-0.2, -0.15) is 0 Å². The molecular weight excluding hydrogens is 220 g/mol. The van der Waals surface area contributed by atoms with Gasteiger partial charge in [0.15, 0.2) is 0 Å². The van der Waals surface area contributed by atoms with E-state index in [0.717, 1.165) is 12.8 Å². The van der Waals surface area contributed by atoms with Gasteiger partial charge in [0.25, 0.3) is 0 Å². The predicted molar refractivity (Wildman–Crippen MR) is 63.3 cm³/mol. The quantitative estimate of drug-likeness (QED) is 0.748. The summed E-state index contributed by atoms with van der Waals surface area (Å²) in [6.07, 6.45) is 2.03. The number of urea groups is 1. The number of amides is 2. The SMILES string of the molecule is Cc1ccc(NC(=O)NC2CC2)cc1C(=O)O. The average Bonchev–Trinajstić information content (AvgIpc) is 3.04. The third kappa shape index (κ3) is 2.96. The summed E-state index contributed by atoms with van der Waals surface area (Å²) in [7, 11) is 0. The van der Waals surface area contributed by atoms with E-state index < -0.39 is 5.97 Å². The maximum absolute atomic E-state index is 11.5. The Morgan fingerprint density at radius 2 is 2.06 bits per heavy atom. The highest BCUT2D eigenvalue weighted by Crippen LogP contribution is 2.19. The first-order valence-electron chi connectivity index (χ1n) is 5.48. The fourth-order valence-electron chi connectivity index (χ4n) is 1.51. The third-order valence-corrected chi connectivity index (χ3v) is 2.64. The van der Waals surface area contributed by atoms with Gasteiger partial charge < -0.3 is 15.7 Å². The van der Waals surface area contributed by atoms with E-state index in [2.05, 4.69) is 10.6 Å². The van der Waals surface area contributed by atoms with Crippen molar-refractivity contribution in [3.63, 3.8) is 0 Å². The lowest BCUT2D eigenvalue weighted by atomic mass is 10.1. The number of carboxylic acids is 1. The largest absolute Gasteiger partial charge is 0.478 e. The first kappa shape index (κ1) is 11.4. The zero-order valence-electron chi connectivity index (χ0n) is 9.49. The van der Waals surface area contributed by atoms with Crippen LogP contribution in [0.25, 0.3) is 0 Å². The van der Waals surface area contributed by atoms with Gasteiger partial charge in [0.1, 0.15) is 0 Å². The molecule has 1 saturated carbocycles. The van der Waals surface area contributed by atoms with Crippen LogP contribution in [0.3, 0.4) is 0 Å². The lowest BCUT2D eigenvalue weighted by Gasteiger charge is -2.08. The molecule has 5 heteroatoms. The average molecular weight is 234 g/mol. The molecule has 0 heterocycles. The van der Waals surface area contributed by atoms with Gasteiger partial charge in [-0.25, -0.2) is 9.59 Å². The number of rotatable bonds is 3. The highest BCUT2D eigenvalue weighted by Gasteiger charge is 2.23. The summed E-state index contributed by atoms with van der Waals surface area (Å²) in [5, 5.41) is 14.3. The molecule has 17 heavy (non-hydrogen) atoms. The second kappa shape index (κ2) is 4.45. The van der Waals surface area contributed by atoms with Crippen LogP contribution in [0.2, 0.25) is 0 Å². The smallest absolute Gasteiger partial charge is 0.336 e. The topological polar surface area (TPSA) is 78.4 Å². The monoisotopic (exact) mass is 234 g/mol. The van der Waals surface area contributed by atoms with E-state index in [0.29, 0.717) is 11.3 Å². The lowest BCUT2D eigenvalue weighted by molar-refractivity contribution is 0.0696. The molecule has 1 fully saturated rings. The van der Waals surface area contributed by atoms with Crippen LogP contribution in [0.5, 0.6) is 0 Å². The maximum Gasteiger partial charge on any atom is 0.336 e. The first-order chi connectivity index (χ1) is 8.06. The summed E-state index contributed by atoms with van der Waals surface area (Å²) in [4.78, 5) is 22.4. The Bertz CT molecular complexity index is 467. The molecule has 0 spiro atoms. The summed E-state index contributed by atoms with van der Waals surface area (Å²) < 4.78 is 0. The molecule has 0 atom stereocenters. The molecule has 5 nitrogen and oxygen atoms in total. The molecule has 1 aromatic rings.